The van der Waals surface area contributed by atoms with E-state index in [1.807, 2.05) is 0 Å². The van der Waals surface area contributed by atoms with Crippen LogP contribution in [0.3, 0.4) is 0 Å². The molecule has 0 amide bonds. The van der Waals surface area contributed by atoms with Crippen molar-refractivity contribution in [2.24, 2.45) is 5.73 Å². The maximum Gasteiger partial charge on any atom is 0.186 e. The topological polar surface area (TPSA) is 69.4 Å². The van der Waals surface area contributed by atoms with Gasteiger partial charge in [0.1, 0.15) is 16.8 Å². The Morgan fingerprint density at radius 2 is 1.86 bits per heavy atom. The van der Waals surface area contributed by atoms with Crippen LogP contribution in [-0.2, 0) is 9.84 Å². The van der Waals surface area contributed by atoms with E-state index in [1.54, 1.807) is 24.3 Å². The summed E-state index contributed by atoms with van der Waals surface area (Å²) < 4.78 is 43.3. The zero-order valence-electron chi connectivity index (χ0n) is 11.5. The summed E-state index contributed by atoms with van der Waals surface area (Å²) >= 11 is 0. The van der Waals surface area contributed by atoms with Gasteiger partial charge < -0.3 is 10.5 Å². The molecule has 0 saturated carbocycles. The van der Waals surface area contributed by atoms with Crippen molar-refractivity contribution in [2.45, 2.75) is 10.1 Å². The molecule has 2 aromatic carbocycles. The molecular weight excluding hydrogens is 293 g/mol. The van der Waals surface area contributed by atoms with Crippen LogP contribution in [0.2, 0.25) is 0 Å². The molecule has 6 heteroatoms. The minimum Gasteiger partial charge on any atom is -0.497 e. The van der Waals surface area contributed by atoms with Crippen LogP contribution in [0.15, 0.2) is 53.4 Å². The minimum atomic E-state index is -3.69. The highest BCUT2D eigenvalue weighted by atomic mass is 32.2. The first-order chi connectivity index (χ1) is 9.98. The van der Waals surface area contributed by atoms with Crippen molar-refractivity contribution in [3.8, 4) is 5.75 Å². The maximum atomic E-state index is 12.9. The van der Waals surface area contributed by atoms with E-state index in [9.17, 15) is 12.8 Å². The Bertz CT molecular complexity index is 714. The third-order valence-electron chi connectivity index (χ3n) is 3.20. The Kier molecular flexibility index (Phi) is 4.59. The highest BCUT2D eigenvalue weighted by molar-refractivity contribution is 7.91. The molecule has 4 nitrogen and oxygen atoms in total. The molecule has 21 heavy (non-hydrogen) atoms. The molecule has 0 heterocycles. The lowest BCUT2D eigenvalue weighted by atomic mass is 10.1. The lowest BCUT2D eigenvalue weighted by Gasteiger charge is -2.17. The number of halogens is 1. The lowest BCUT2D eigenvalue weighted by Crippen LogP contribution is -2.22. The molecule has 0 radical (unpaired) electrons. The molecule has 2 rings (SSSR count). The molecule has 0 aromatic heterocycles. The van der Waals surface area contributed by atoms with Gasteiger partial charge in [0.05, 0.1) is 12.0 Å². The first-order valence-corrected chi connectivity index (χ1v) is 7.87. The van der Waals surface area contributed by atoms with Crippen molar-refractivity contribution in [1.29, 1.82) is 0 Å². The molecule has 0 aliphatic carbocycles. The molecule has 0 aliphatic heterocycles. The monoisotopic (exact) mass is 309 g/mol. The summed E-state index contributed by atoms with van der Waals surface area (Å²) in [6.07, 6.45) is 0. The molecule has 0 saturated heterocycles. The van der Waals surface area contributed by atoms with E-state index in [1.165, 1.54) is 19.2 Å². The van der Waals surface area contributed by atoms with E-state index < -0.39 is 20.9 Å². The van der Waals surface area contributed by atoms with Gasteiger partial charge in [-0.3, -0.25) is 0 Å². The van der Waals surface area contributed by atoms with Crippen molar-refractivity contribution < 1.29 is 17.5 Å². The third kappa shape index (κ3) is 3.22. The quantitative estimate of drug-likeness (QED) is 0.861. The molecule has 1 atom stereocenters. The average Bonchev–Trinajstić information content (AvgIpc) is 2.48. The Labute approximate surface area is 123 Å². The van der Waals surface area contributed by atoms with Crippen LogP contribution >= 0.6 is 0 Å². The fourth-order valence-electron chi connectivity index (χ4n) is 2.07. The second-order valence-corrected chi connectivity index (χ2v) is 6.63. The third-order valence-corrected chi connectivity index (χ3v) is 5.34. The zero-order chi connectivity index (χ0) is 15.5. The van der Waals surface area contributed by atoms with Crippen LogP contribution in [0.4, 0.5) is 4.39 Å². The minimum absolute atomic E-state index is 0.0437. The largest absolute Gasteiger partial charge is 0.497 e. The number of rotatable bonds is 5. The molecule has 2 aromatic rings. The van der Waals surface area contributed by atoms with Gasteiger partial charge in [-0.05, 0) is 42.0 Å². The van der Waals surface area contributed by atoms with Crippen LogP contribution in [0.25, 0.3) is 0 Å². The average molecular weight is 309 g/mol. The van der Waals surface area contributed by atoms with Crippen molar-refractivity contribution in [1.82, 2.24) is 0 Å². The van der Waals surface area contributed by atoms with Crippen LogP contribution in [0.1, 0.15) is 10.8 Å². The molecule has 2 N–H and O–H groups in total. The molecule has 112 valence electrons. The Hall–Kier alpha value is -1.92. The van der Waals surface area contributed by atoms with Crippen molar-refractivity contribution in [2.75, 3.05) is 13.7 Å². The smallest absolute Gasteiger partial charge is 0.186 e. The molecule has 0 spiro atoms. The maximum absolute atomic E-state index is 12.9. The van der Waals surface area contributed by atoms with Crippen LogP contribution < -0.4 is 10.5 Å². The summed E-state index contributed by atoms with van der Waals surface area (Å²) in [4.78, 5) is 0.0437. The molecule has 0 bridgehead atoms. The highest BCUT2D eigenvalue weighted by Gasteiger charge is 2.28. The predicted molar refractivity (Wildman–Crippen MR) is 78.4 cm³/mol. The fourth-order valence-corrected chi connectivity index (χ4v) is 3.67. The first kappa shape index (κ1) is 15.5. The summed E-state index contributed by atoms with van der Waals surface area (Å²) in [5, 5.41) is -0.905. The second-order valence-electron chi connectivity index (χ2n) is 4.50. The number of methoxy groups -OCH3 is 1. The van der Waals surface area contributed by atoms with Crippen LogP contribution in [0.5, 0.6) is 5.75 Å². The van der Waals surface area contributed by atoms with E-state index in [-0.39, 0.29) is 11.4 Å². The summed E-state index contributed by atoms with van der Waals surface area (Å²) in [5.74, 6) is 0.0693. The molecule has 0 aliphatic rings. The van der Waals surface area contributed by atoms with Crippen molar-refractivity contribution in [3.05, 3.63) is 59.9 Å². The Morgan fingerprint density at radius 3 is 2.43 bits per heavy atom. The van der Waals surface area contributed by atoms with Gasteiger partial charge in [0.2, 0.25) is 0 Å². The van der Waals surface area contributed by atoms with Gasteiger partial charge in [0.15, 0.2) is 9.84 Å². The van der Waals surface area contributed by atoms with Gasteiger partial charge in [-0.25, -0.2) is 12.8 Å². The second kappa shape index (κ2) is 6.24. The number of hydrogen-bond acceptors (Lipinski definition) is 4. The van der Waals surface area contributed by atoms with E-state index >= 15 is 0 Å². The molecule has 1 unspecified atom stereocenters. The van der Waals surface area contributed by atoms with E-state index in [4.69, 9.17) is 10.5 Å². The Morgan fingerprint density at radius 1 is 1.19 bits per heavy atom. The van der Waals surface area contributed by atoms with E-state index in [0.29, 0.717) is 11.3 Å². The lowest BCUT2D eigenvalue weighted by molar-refractivity contribution is 0.414. The SMILES string of the molecule is COc1cccc(C(CN)S(=O)(=O)c2ccc(F)cc2)c1. The predicted octanol–water partition coefficient (Wildman–Crippen LogP) is 2.31. The number of sulfone groups is 1. The highest BCUT2D eigenvalue weighted by Crippen LogP contribution is 2.30. The van der Waals surface area contributed by atoms with E-state index in [0.717, 1.165) is 12.1 Å². The van der Waals surface area contributed by atoms with Gasteiger partial charge in [0.25, 0.3) is 0 Å². The molecule has 0 fully saturated rings. The normalized spacial score (nSPS) is 12.9. The van der Waals surface area contributed by atoms with Gasteiger partial charge in [0, 0.05) is 6.54 Å². The summed E-state index contributed by atoms with van der Waals surface area (Å²) in [6, 6.07) is 11.5. The summed E-state index contributed by atoms with van der Waals surface area (Å²) in [6.45, 7) is -0.0765. The standard InChI is InChI=1S/C15H16FNO3S/c1-20-13-4-2-3-11(9-13)15(10-17)21(18,19)14-7-5-12(16)6-8-14/h2-9,15H,10,17H2,1H3. The number of nitrogens with two attached hydrogens (primary N) is 1. The Balaban J connectivity index is 2.46. The van der Waals surface area contributed by atoms with Gasteiger partial charge in [-0.15, -0.1) is 0 Å². The van der Waals surface area contributed by atoms with Crippen molar-refractivity contribution in [3.63, 3.8) is 0 Å². The first-order valence-electron chi connectivity index (χ1n) is 6.32. The number of benzene rings is 2. The van der Waals surface area contributed by atoms with E-state index in [2.05, 4.69) is 0 Å². The number of ether oxygens (including phenoxy) is 1. The van der Waals surface area contributed by atoms with Gasteiger partial charge >= 0.3 is 0 Å². The van der Waals surface area contributed by atoms with Gasteiger partial charge in [-0.1, -0.05) is 12.1 Å². The molecular formula is C15H16FNO3S. The van der Waals surface area contributed by atoms with Gasteiger partial charge in [-0.2, -0.15) is 0 Å². The zero-order valence-corrected chi connectivity index (χ0v) is 12.3. The number of hydrogen-bond donors (Lipinski definition) is 1. The van der Waals surface area contributed by atoms with Crippen LogP contribution in [0, 0.1) is 5.82 Å². The van der Waals surface area contributed by atoms with Crippen molar-refractivity contribution >= 4 is 9.84 Å². The fraction of sp³-hybridized carbons (Fsp3) is 0.200. The van der Waals surface area contributed by atoms with Crippen LogP contribution in [-0.4, -0.2) is 22.1 Å². The summed E-state index contributed by atoms with van der Waals surface area (Å²) in [5.41, 5.74) is 6.20. The summed E-state index contributed by atoms with van der Waals surface area (Å²) in [7, 11) is -2.19.